The van der Waals surface area contributed by atoms with E-state index in [2.05, 4.69) is 446 Å². The summed E-state index contributed by atoms with van der Waals surface area (Å²) in [5.41, 5.74) is 21.5. The molecule has 13 heteroatoms. The van der Waals surface area contributed by atoms with Crippen molar-refractivity contribution in [2.45, 2.75) is 462 Å². The Kier molecular flexibility index (Phi) is 47.4. The zero-order valence-electron chi connectivity index (χ0n) is 93.1. The van der Waals surface area contributed by atoms with E-state index in [1.54, 1.807) is 12.3 Å². The van der Waals surface area contributed by atoms with E-state index in [0.717, 1.165) is 54.3 Å². The van der Waals surface area contributed by atoms with E-state index in [0.29, 0.717) is 22.9 Å². The zero-order chi connectivity index (χ0) is 103. The standard InChI is InChI=1S/C18H27NO2.C16H25N3O2.C15H25N.C15H24.C14H24N2.C14H23N.C14H22.C13H21N.CH4/c1-17(2,3)11-16(21)10-15(20)9-14-8-7-13(12-19-14)18(4,5)6;1-15(2,3)12-8-7-11(10-17-12)18-13(20)9-14(21)19-16(4,5)6;1-14(2,3)13-9-7-12(8-10-13)11-16-15(4,5)6;1-14(2,3)11-12-7-9-13(10-8-12)15(4,5)6;1-13(2,3)12-8-7-11(9-15-12)10-16-14(4,5)6;1-13(2,3)9-11-7-8-12(15-10-11)14(4,5)6;1-13(2,3)11-7-9-12(10-8-11)14(4,5)6;1-12(2,3)10-7-8-11(14-9-10)13(4,5)6;/h7-8,12H,9-11H2,1-6H3;7-8,10H,9H2,1-6H3,(H,18,20)(H,19,21);7-10,16H,11H2,1-6H3;7-10H,11H2,1-6H3;7-9,16H,10H2,1-6H3;7-8,10H,9H2,1-6H3;7-10H,1-6H3;7-9H,1-6H3;1H4. The maximum Gasteiger partial charge on any atom is 0.233 e. The monoisotopic (exact) mass is 1830 g/mol. The summed E-state index contributed by atoms with van der Waals surface area (Å²) < 4.78 is 0. The van der Waals surface area contributed by atoms with Crippen molar-refractivity contribution in [1.29, 1.82) is 0 Å². The second-order valence-corrected chi connectivity index (χ2v) is 53.4. The number of carbonyl (C=O) groups excluding carboxylic acids is 4. The van der Waals surface area contributed by atoms with Gasteiger partial charge < -0.3 is 21.3 Å². The number of aromatic nitrogens is 5. The summed E-state index contributed by atoms with van der Waals surface area (Å²) in [5, 5.41) is 12.4. The second kappa shape index (κ2) is 50.6. The number of rotatable bonds is 14. The molecular formula is C120H195N9O4. The molecule has 0 fully saturated rings. The SMILES string of the molecule is C.CC(C)(C)CC(=O)CC(=O)Cc1ccc(C(C)(C)C)cn1.CC(C)(C)Cc1ccc(C(C)(C)C)cc1.CC(C)(C)Cc1ccc(C(C)(C)C)nc1.CC(C)(C)NC(=O)CC(=O)Nc1ccc(C(C)(C)C)nc1.CC(C)(C)NCc1ccc(C(C)(C)C)cc1.CC(C)(C)NCc1ccc(C(C)(C)C)nc1.CC(C)(C)c1ccc(C(C)(C)C)cc1.CC(C)(C)c1ccc(C(C)(C)C)nc1. The van der Waals surface area contributed by atoms with E-state index in [9.17, 15) is 19.2 Å². The van der Waals surface area contributed by atoms with Crippen LogP contribution in [0.1, 0.15) is 443 Å². The number of amides is 2. The second-order valence-electron chi connectivity index (χ2n) is 53.4. The maximum absolute atomic E-state index is 11.9. The molecule has 133 heavy (non-hydrogen) atoms. The molecule has 2 amide bonds. The fourth-order valence-corrected chi connectivity index (χ4v) is 12.7. The van der Waals surface area contributed by atoms with Crippen LogP contribution in [0.15, 0.2) is 164 Å². The largest absolute Gasteiger partial charge is 0.351 e. The molecule has 0 radical (unpaired) electrons. The van der Waals surface area contributed by atoms with Gasteiger partial charge >= 0.3 is 0 Å². The van der Waals surface area contributed by atoms with Gasteiger partial charge in [-0.3, -0.25) is 44.1 Å². The number of Topliss-reactive ketones (excluding diaryl/α,β-unsaturated/α-hetero) is 2. The van der Waals surface area contributed by atoms with Crippen LogP contribution in [0.2, 0.25) is 0 Å². The summed E-state index contributed by atoms with van der Waals surface area (Å²) in [5.74, 6) is -0.680. The molecule has 5 aromatic heterocycles. The van der Waals surface area contributed by atoms with Gasteiger partial charge in [-0.15, -0.1) is 0 Å². The van der Waals surface area contributed by atoms with Gasteiger partial charge in [0.05, 0.1) is 18.3 Å². The molecule has 0 aliphatic heterocycles. The first-order chi connectivity index (χ1) is 59.1. The molecule has 744 valence electrons. The first-order valence-electron chi connectivity index (χ1n) is 48.3. The van der Waals surface area contributed by atoms with Crippen LogP contribution in [0.3, 0.4) is 0 Å². The van der Waals surface area contributed by atoms with Crippen molar-refractivity contribution in [3.63, 3.8) is 0 Å². The summed E-state index contributed by atoms with van der Waals surface area (Å²) in [7, 11) is 0. The average Bonchev–Trinajstić information content (AvgIpc) is 0.839. The van der Waals surface area contributed by atoms with Crippen LogP contribution in [-0.2, 0) is 106 Å². The third-order valence-electron chi connectivity index (χ3n) is 20.8. The predicted octanol–water partition coefficient (Wildman–Crippen LogP) is 30.8. The molecular weight excluding hydrogens is 1630 g/mol. The van der Waals surface area contributed by atoms with Crippen molar-refractivity contribution in [3.05, 3.63) is 249 Å². The molecule has 0 saturated heterocycles. The molecule has 0 aliphatic rings. The molecule has 0 aliphatic carbocycles. The molecule has 0 saturated carbocycles. The minimum Gasteiger partial charge on any atom is -0.351 e. The van der Waals surface area contributed by atoms with E-state index < -0.39 is 0 Å². The lowest BCUT2D eigenvalue weighted by Crippen LogP contribution is -2.41. The van der Waals surface area contributed by atoms with Crippen LogP contribution in [0.4, 0.5) is 5.69 Å². The Balaban J connectivity index is 0.00000150. The molecule has 4 N–H and O–H groups in total. The van der Waals surface area contributed by atoms with Gasteiger partial charge in [-0.1, -0.05) is 375 Å². The molecule has 13 nitrogen and oxygen atoms in total. The van der Waals surface area contributed by atoms with Gasteiger partial charge in [0, 0.05) is 117 Å². The van der Waals surface area contributed by atoms with Gasteiger partial charge in [0.25, 0.3) is 0 Å². The van der Waals surface area contributed by atoms with Crippen molar-refractivity contribution >= 4 is 29.1 Å². The predicted molar refractivity (Wildman–Crippen MR) is 577 cm³/mol. The fraction of sp³-hybridized carbons (Fsp3) is 0.608. The lowest BCUT2D eigenvalue weighted by Gasteiger charge is -2.23. The molecule has 0 bridgehead atoms. The van der Waals surface area contributed by atoms with Crippen LogP contribution in [0.5, 0.6) is 0 Å². The Labute approximate surface area is 816 Å². The van der Waals surface area contributed by atoms with Crippen molar-refractivity contribution < 1.29 is 19.2 Å². The highest BCUT2D eigenvalue weighted by Gasteiger charge is 2.26. The summed E-state index contributed by atoms with van der Waals surface area (Å²) in [6.45, 7) is 106. The summed E-state index contributed by atoms with van der Waals surface area (Å²) in [4.78, 5) is 69.4. The molecule has 8 rings (SSSR count). The minimum absolute atomic E-state index is 0. The first kappa shape index (κ1) is 125. The number of anilines is 1. The lowest BCUT2D eigenvalue weighted by molar-refractivity contribution is -0.129. The zero-order valence-corrected chi connectivity index (χ0v) is 93.1. The summed E-state index contributed by atoms with van der Waals surface area (Å²) in [6, 6.07) is 47.5. The normalized spacial score (nSPS) is 12.6. The van der Waals surface area contributed by atoms with Gasteiger partial charge in [-0.2, -0.15) is 0 Å². The highest BCUT2D eigenvalue weighted by Crippen LogP contribution is 2.33. The van der Waals surface area contributed by atoms with E-state index in [1.807, 2.05) is 84.5 Å². The smallest absolute Gasteiger partial charge is 0.233 e. The first-order valence-corrected chi connectivity index (χ1v) is 48.3. The average molecular weight is 1830 g/mol. The number of hydrogen-bond donors (Lipinski definition) is 4. The molecule has 0 unspecified atom stereocenters. The van der Waals surface area contributed by atoms with Gasteiger partial charge in [0.15, 0.2) is 0 Å². The lowest BCUT2D eigenvalue weighted by atomic mass is 9.82. The Morgan fingerprint density at radius 3 is 0.812 bits per heavy atom. The summed E-state index contributed by atoms with van der Waals surface area (Å²) in [6.07, 6.45) is 12.2. The van der Waals surface area contributed by atoms with E-state index in [-0.39, 0.29) is 126 Å². The molecule has 0 atom stereocenters. The third kappa shape index (κ3) is 56.7. The Bertz CT molecular complexity index is 4320. The van der Waals surface area contributed by atoms with E-state index in [1.165, 1.54) is 55.8 Å². The van der Waals surface area contributed by atoms with Gasteiger partial charge in [0.2, 0.25) is 11.8 Å². The number of nitrogens with one attached hydrogen (secondary N) is 4. The summed E-state index contributed by atoms with van der Waals surface area (Å²) >= 11 is 0. The molecule has 5 heterocycles. The molecule has 3 aromatic carbocycles. The highest BCUT2D eigenvalue weighted by atomic mass is 16.2. The quantitative estimate of drug-likeness (QED) is 0.0761. The Morgan fingerprint density at radius 2 is 0.534 bits per heavy atom. The minimum atomic E-state index is -0.345. The van der Waals surface area contributed by atoms with E-state index >= 15 is 0 Å². The van der Waals surface area contributed by atoms with Crippen molar-refractivity contribution in [2.24, 2.45) is 16.2 Å². The van der Waals surface area contributed by atoms with Crippen molar-refractivity contribution in [3.8, 4) is 0 Å². The number of benzene rings is 3. The van der Waals surface area contributed by atoms with Crippen LogP contribution < -0.4 is 21.3 Å². The fourth-order valence-electron chi connectivity index (χ4n) is 12.7. The van der Waals surface area contributed by atoms with Crippen molar-refractivity contribution in [2.75, 3.05) is 5.32 Å². The van der Waals surface area contributed by atoms with E-state index in [4.69, 9.17) is 0 Å². The van der Waals surface area contributed by atoms with Crippen LogP contribution in [0.25, 0.3) is 0 Å². The number of pyridine rings is 5. The number of carbonyl (C=O) groups is 4. The Hall–Kier alpha value is -8.39. The maximum atomic E-state index is 11.9. The van der Waals surface area contributed by atoms with Gasteiger partial charge in [0.1, 0.15) is 18.0 Å². The topological polar surface area (TPSA) is 181 Å². The highest BCUT2D eigenvalue weighted by molar-refractivity contribution is 6.03. The number of ketones is 2. The molecule has 8 aromatic rings. The van der Waals surface area contributed by atoms with Crippen LogP contribution >= 0.6 is 0 Å². The van der Waals surface area contributed by atoms with Crippen LogP contribution in [0, 0.1) is 16.2 Å². The van der Waals surface area contributed by atoms with Gasteiger partial charge in [-0.25, -0.2) is 0 Å². The third-order valence-corrected chi connectivity index (χ3v) is 20.8. The van der Waals surface area contributed by atoms with Crippen LogP contribution in [-0.4, -0.2) is 64.9 Å². The van der Waals surface area contributed by atoms with Crippen molar-refractivity contribution in [1.82, 2.24) is 40.9 Å². The number of hydrogen-bond acceptors (Lipinski definition) is 11. The Morgan fingerprint density at radius 1 is 0.248 bits per heavy atom. The molecule has 0 spiro atoms. The van der Waals surface area contributed by atoms with Gasteiger partial charge in [-0.05, 0) is 216 Å². The number of nitrogens with zero attached hydrogens (tertiary/aromatic N) is 5.